The van der Waals surface area contributed by atoms with E-state index < -0.39 is 0 Å². The quantitative estimate of drug-likeness (QED) is 0.337. The summed E-state index contributed by atoms with van der Waals surface area (Å²) in [6.07, 6.45) is 20.2. The highest BCUT2D eigenvalue weighted by atomic mass is 16.7. The number of ether oxygens (including phenoxy) is 2. The summed E-state index contributed by atoms with van der Waals surface area (Å²) in [5.74, 6) is 0.284. The normalized spacial score (nSPS) is 20.8. The molecular formula is C21H42O3. The lowest BCUT2D eigenvalue weighted by Crippen LogP contribution is -2.12. The lowest BCUT2D eigenvalue weighted by atomic mass is 10.0. The second kappa shape index (κ2) is 16.4. The van der Waals surface area contributed by atoms with Crippen molar-refractivity contribution < 1.29 is 14.6 Å². The van der Waals surface area contributed by atoms with Crippen LogP contribution in [0.4, 0.5) is 0 Å². The van der Waals surface area contributed by atoms with Crippen molar-refractivity contribution in [3.05, 3.63) is 0 Å². The number of unbranched alkanes of at least 4 members (excludes halogenated alkanes) is 13. The van der Waals surface area contributed by atoms with Gasteiger partial charge in [-0.2, -0.15) is 0 Å². The summed E-state index contributed by atoms with van der Waals surface area (Å²) in [5, 5.41) is 9.05. The molecular weight excluding hydrogens is 300 g/mol. The molecule has 1 saturated heterocycles. The van der Waals surface area contributed by atoms with Crippen LogP contribution in [0.3, 0.4) is 0 Å². The molecule has 0 aromatic rings. The predicted octanol–water partition coefficient (Wildman–Crippen LogP) is 5.84. The zero-order valence-electron chi connectivity index (χ0n) is 16.1. The van der Waals surface area contributed by atoms with E-state index in [1.54, 1.807) is 0 Å². The van der Waals surface area contributed by atoms with Crippen molar-refractivity contribution in [1.82, 2.24) is 0 Å². The van der Waals surface area contributed by atoms with E-state index in [4.69, 9.17) is 14.6 Å². The van der Waals surface area contributed by atoms with Crippen LogP contribution >= 0.6 is 0 Å². The van der Waals surface area contributed by atoms with Crippen LogP contribution in [0.2, 0.25) is 0 Å². The van der Waals surface area contributed by atoms with E-state index >= 15 is 0 Å². The highest BCUT2D eigenvalue weighted by molar-refractivity contribution is 4.66. The van der Waals surface area contributed by atoms with Gasteiger partial charge in [-0.1, -0.05) is 90.4 Å². The van der Waals surface area contributed by atoms with Gasteiger partial charge in [0.15, 0.2) is 6.29 Å². The molecule has 0 aromatic heterocycles. The minimum Gasteiger partial charge on any atom is -0.396 e. The van der Waals surface area contributed by atoms with Crippen molar-refractivity contribution in [1.29, 1.82) is 0 Å². The van der Waals surface area contributed by atoms with E-state index in [0.717, 1.165) is 19.4 Å². The van der Waals surface area contributed by atoms with Gasteiger partial charge in [-0.15, -0.1) is 0 Å². The summed E-state index contributed by atoms with van der Waals surface area (Å²) in [5.41, 5.74) is 0. The number of hydrogen-bond donors (Lipinski definition) is 1. The Hall–Kier alpha value is -0.120. The topological polar surface area (TPSA) is 38.7 Å². The number of hydrogen-bond acceptors (Lipinski definition) is 3. The van der Waals surface area contributed by atoms with Crippen LogP contribution in [0.1, 0.15) is 103 Å². The van der Waals surface area contributed by atoms with Gasteiger partial charge in [0.25, 0.3) is 0 Å². The van der Waals surface area contributed by atoms with Gasteiger partial charge in [-0.05, 0) is 6.42 Å². The molecule has 0 aromatic carbocycles. The monoisotopic (exact) mass is 342 g/mol. The second-order valence-electron chi connectivity index (χ2n) is 7.51. The van der Waals surface area contributed by atoms with Gasteiger partial charge in [-0.25, -0.2) is 0 Å². The van der Waals surface area contributed by atoms with Gasteiger partial charge >= 0.3 is 0 Å². The molecule has 1 heterocycles. The van der Waals surface area contributed by atoms with Crippen molar-refractivity contribution in [3.63, 3.8) is 0 Å². The maximum absolute atomic E-state index is 9.05. The molecule has 0 unspecified atom stereocenters. The molecule has 0 amide bonds. The maximum atomic E-state index is 9.05. The zero-order chi connectivity index (χ0) is 17.3. The first-order valence-electron chi connectivity index (χ1n) is 10.7. The highest BCUT2D eigenvalue weighted by Crippen LogP contribution is 2.20. The van der Waals surface area contributed by atoms with Crippen molar-refractivity contribution in [3.8, 4) is 0 Å². The van der Waals surface area contributed by atoms with E-state index in [2.05, 4.69) is 6.92 Å². The summed E-state index contributed by atoms with van der Waals surface area (Å²) in [6.45, 7) is 3.96. The van der Waals surface area contributed by atoms with Crippen LogP contribution in [0, 0.1) is 5.92 Å². The standard InChI is InChI=1S/C21H42O3/c1-2-3-4-5-6-7-8-9-10-11-12-13-14-15-16-23-21-17-20(18-22)19-24-21/h20-22H,2-19H2,1H3/t20-,21-/m1/s1. The largest absolute Gasteiger partial charge is 0.396 e. The molecule has 1 fully saturated rings. The maximum Gasteiger partial charge on any atom is 0.158 e. The van der Waals surface area contributed by atoms with Crippen molar-refractivity contribution in [2.24, 2.45) is 5.92 Å². The fraction of sp³-hybridized carbons (Fsp3) is 1.00. The van der Waals surface area contributed by atoms with Gasteiger partial charge in [0.1, 0.15) is 0 Å². The van der Waals surface area contributed by atoms with E-state index in [1.165, 1.54) is 83.5 Å². The lowest BCUT2D eigenvalue weighted by molar-refractivity contribution is -0.111. The summed E-state index contributed by atoms with van der Waals surface area (Å²) in [4.78, 5) is 0. The number of aliphatic hydroxyl groups is 1. The molecule has 0 saturated carbocycles. The van der Waals surface area contributed by atoms with Crippen LogP contribution in [0.25, 0.3) is 0 Å². The van der Waals surface area contributed by atoms with Crippen molar-refractivity contribution in [2.45, 2.75) is 110 Å². The molecule has 1 aliphatic rings. The van der Waals surface area contributed by atoms with E-state index in [1.807, 2.05) is 0 Å². The Balaban J connectivity index is 1.69. The Morgan fingerprint density at radius 1 is 0.792 bits per heavy atom. The molecule has 0 spiro atoms. The summed E-state index contributed by atoms with van der Waals surface area (Å²) in [7, 11) is 0. The molecule has 3 heteroatoms. The Bertz CT molecular complexity index is 257. The lowest BCUT2D eigenvalue weighted by Gasteiger charge is -2.10. The van der Waals surface area contributed by atoms with Gasteiger partial charge in [0.05, 0.1) is 6.61 Å². The van der Waals surface area contributed by atoms with Gasteiger partial charge < -0.3 is 14.6 Å². The first-order valence-corrected chi connectivity index (χ1v) is 10.7. The second-order valence-corrected chi connectivity index (χ2v) is 7.51. The highest BCUT2D eigenvalue weighted by Gasteiger charge is 2.24. The van der Waals surface area contributed by atoms with Crippen molar-refractivity contribution in [2.75, 3.05) is 19.8 Å². The fourth-order valence-electron chi connectivity index (χ4n) is 3.41. The molecule has 0 aliphatic carbocycles. The third-order valence-electron chi connectivity index (χ3n) is 5.10. The van der Waals surface area contributed by atoms with E-state index in [-0.39, 0.29) is 18.8 Å². The van der Waals surface area contributed by atoms with Gasteiger partial charge in [0, 0.05) is 25.6 Å². The first-order chi connectivity index (χ1) is 11.9. The van der Waals surface area contributed by atoms with Crippen LogP contribution < -0.4 is 0 Å². The number of rotatable bonds is 17. The Labute approximate surface area is 150 Å². The third-order valence-corrected chi connectivity index (χ3v) is 5.10. The van der Waals surface area contributed by atoms with Gasteiger partial charge in [-0.3, -0.25) is 0 Å². The molecule has 1 N–H and O–H groups in total. The molecule has 3 nitrogen and oxygen atoms in total. The smallest absolute Gasteiger partial charge is 0.158 e. The predicted molar refractivity (Wildman–Crippen MR) is 101 cm³/mol. The summed E-state index contributed by atoms with van der Waals surface area (Å²) < 4.78 is 11.2. The average molecular weight is 343 g/mol. The molecule has 24 heavy (non-hydrogen) atoms. The summed E-state index contributed by atoms with van der Waals surface area (Å²) in [6, 6.07) is 0. The SMILES string of the molecule is CCCCCCCCCCCCCCCCO[C@H]1C[C@H](CO)CO1. The number of aliphatic hydroxyl groups excluding tert-OH is 1. The van der Waals surface area contributed by atoms with Crippen LogP contribution in [-0.2, 0) is 9.47 Å². The summed E-state index contributed by atoms with van der Waals surface area (Å²) >= 11 is 0. The van der Waals surface area contributed by atoms with Gasteiger partial charge in [0.2, 0.25) is 0 Å². The average Bonchev–Trinajstić information content (AvgIpc) is 3.06. The molecule has 1 aliphatic heterocycles. The van der Waals surface area contributed by atoms with Crippen LogP contribution in [0.15, 0.2) is 0 Å². The molecule has 0 bridgehead atoms. The molecule has 2 atom stereocenters. The molecule has 1 rings (SSSR count). The minimum absolute atomic E-state index is 0.0656. The zero-order valence-corrected chi connectivity index (χ0v) is 16.1. The molecule has 144 valence electrons. The van der Waals surface area contributed by atoms with Crippen LogP contribution in [-0.4, -0.2) is 31.2 Å². The van der Waals surface area contributed by atoms with Crippen LogP contribution in [0.5, 0.6) is 0 Å². The third kappa shape index (κ3) is 12.3. The van der Waals surface area contributed by atoms with Crippen molar-refractivity contribution >= 4 is 0 Å². The molecule has 0 radical (unpaired) electrons. The Morgan fingerprint density at radius 2 is 1.29 bits per heavy atom. The Kier molecular flexibility index (Phi) is 14.9. The van der Waals surface area contributed by atoms with E-state index in [9.17, 15) is 0 Å². The fourth-order valence-corrected chi connectivity index (χ4v) is 3.41. The first kappa shape index (κ1) is 21.9. The van der Waals surface area contributed by atoms with E-state index in [0.29, 0.717) is 6.61 Å². The minimum atomic E-state index is -0.0656. The Morgan fingerprint density at radius 3 is 1.75 bits per heavy atom.